The molecular formula is C16H15NO3S. The molecule has 0 heterocycles. The first kappa shape index (κ1) is 14.9. The second kappa shape index (κ2) is 6.33. The van der Waals surface area contributed by atoms with Crippen LogP contribution in [-0.4, -0.2) is 26.9 Å². The summed E-state index contributed by atoms with van der Waals surface area (Å²) in [7, 11) is -0.675. The van der Waals surface area contributed by atoms with E-state index in [0.717, 1.165) is 9.87 Å². The van der Waals surface area contributed by atoms with Crippen molar-refractivity contribution < 1.29 is 13.2 Å². The van der Waals surface area contributed by atoms with Gasteiger partial charge in [-0.05, 0) is 42.3 Å². The second-order valence-electron chi connectivity index (χ2n) is 4.25. The maximum absolute atomic E-state index is 12.3. The highest BCUT2D eigenvalue weighted by molar-refractivity contribution is 7.89. The molecule has 4 nitrogen and oxygen atoms in total. The van der Waals surface area contributed by atoms with Gasteiger partial charge in [-0.15, -0.1) is 0 Å². The molecule has 0 bridgehead atoms. The Labute approximate surface area is 125 Å². The molecule has 0 amide bonds. The monoisotopic (exact) mass is 301 g/mol. The fraction of sp³-hybridized carbons (Fsp3) is 0.125. The van der Waals surface area contributed by atoms with Gasteiger partial charge < -0.3 is 4.74 Å². The highest BCUT2D eigenvalue weighted by Crippen LogP contribution is 2.18. The van der Waals surface area contributed by atoms with Crippen molar-refractivity contribution in [3.63, 3.8) is 0 Å². The molecule has 0 fully saturated rings. The third-order valence-electron chi connectivity index (χ3n) is 2.85. The number of methoxy groups -OCH3 is 1. The predicted molar refractivity (Wildman–Crippen MR) is 81.3 cm³/mol. The van der Waals surface area contributed by atoms with Crippen LogP contribution in [0.15, 0.2) is 59.5 Å². The summed E-state index contributed by atoms with van der Waals surface area (Å²) in [6, 6.07) is 18.0. The summed E-state index contributed by atoms with van der Waals surface area (Å²) in [5.41, 5.74) is 0.759. The molecule has 0 atom stereocenters. The third kappa shape index (κ3) is 3.56. The van der Waals surface area contributed by atoms with Crippen LogP contribution in [0.2, 0.25) is 0 Å². The van der Waals surface area contributed by atoms with Crippen LogP contribution in [0.5, 0.6) is 5.75 Å². The molecule has 0 spiro atoms. The lowest BCUT2D eigenvalue weighted by Gasteiger charge is -2.12. The molecule has 5 heteroatoms. The molecule has 2 aromatic rings. The molecule has 0 aliphatic heterocycles. The second-order valence-corrected chi connectivity index (χ2v) is 6.22. The average Bonchev–Trinajstić information content (AvgIpc) is 2.53. The third-order valence-corrected chi connectivity index (χ3v) is 4.53. The zero-order valence-electron chi connectivity index (χ0n) is 11.8. The standard InChI is InChI=1S/C16H15NO3S/c1-17(13-12-14-6-4-3-5-7-14)21(18,19)16-10-8-15(20-2)9-11-16/h3-11H,1-2H3. The normalized spacial score (nSPS) is 10.4. The van der Waals surface area contributed by atoms with Crippen molar-refractivity contribution in [1.29, 1.82) is 0 Å². The molecule has 0 aromatic heterocycles. The van der Waals surface area contributed by atoms with Gasteiger partial charge in [-0.25, -0.2) is 12.7 Å². The number of sulfonamides is 1. The molecule has 0 aliphatic rings. The van der Waals surface area contributed by atoms with Crippen molar-refractivity contribution in [2.45, 2.75) is 4.90 Å². The zero-order valence-corrected chi connectivity index (χ0v) is 12.6. The van der Waals surface area contributed by atoms with E-state index in [2.05, 4.69) is 12.0 Å². The van der Waals surface area contributed by atoms with E-state index in [1.54, 1.807) is 12.1 Å². The van der Waals surface area contributed by atoms with Crippen molar-refractivity contribution in [2.24, 2.45) is 0 Å². The summed E-state index contributed by atoms with van der Waals surface area (Å²) in [5.74, 6) is 3.42. The van der Waals surface area contributed by atoms with E-state index in [0.29, 0.717) is 5.75 Å². The maximum atomic E-state index is 12.3. The SMILES string of the molecule is COc1ccc(S(=O)(=O)N(C)C#Cc2ccccc2)cc1. The Morgan fingerprint density at radius 1 is 1.00 bits per heavy atom. The van der Waals surface area contributed by atoms with Gasteiger partial charge in [0, 0.05) is 18.7 Å². The molecular weight excluding hydrogens is 286 g/mol. The molecule has 0 saturated heterocycles. The minimum absolute atomic E-state index is 0.174. The highest BCUT2D eigenvalue weighted by Gasteiger charge is 2.18. The Morgan fingerprint density at radius 2 is 1.62 bits per heavy atom. The van der Waals surface area contributed by atoms with Crippen molar-refractivity contribution in [3.05, 3.63) is 60.2 Å². The number of benzene rings is 2. The quantitative estimate of drug-likeness (QED) is 0.645. The van der Waals surface area contributed by atoms with Crippen molar-refractivity contribution >= 4 is 10.0 Å². The lowest BCUT2D eigenvalue weighted by molar-refractivity contribution is 0.414. The van der Waals surface area contributed by atoms with E-state index in [9.17, 15) is 8.42 Å². The summed E-state index contributed by atoms with van der Waals surface area (Å²) >= 11 is 0. The molecule has 2 rings (SSSR count). The first-order chi connectivity index (χ1) is 10.0. The van der Waals surface area contributed by atoms with Gasteiger partial charge in [0.05, 0.1) is 12.0 Å². The van der Waals surface area contributed by atoms with Gasteiger partial charge in [0.25, 0.3) is 10.0 Å². The van der Waals surface area contributed by atoms with Crippen LogP contribution >= 0.6 is 0 Å². The van der Waals surface area contributed by atoms with Gasteiger partial charge in [0.1, 0.15) is 5.75 Å². The van der Waals surface area contributed by atoms with Crippen molar-refractivity contribution in [3.8, 4) is 17.7 Å². The summed E-state index contributed by atoms with van der Waals surface area (Å²) in [6.45, 7) is 0. The molecule has 0 aliphatic carbocycles. The van der Waals surface area contributed by atoms with E-state index in [-0.39, 0.29) is 4.90 Å². The molecule has 21 heavy (non-hydrogen) atoms. The van der Waals surface area contributed by atoms with Crippen LogP contribution in [0.3, 0.4) is 0 Å². The van der Waals surface area contributed by atoms with Crippen LogP contribution in [-0.2, 0) is 10.0 Å². The summed E-state index contributed by atoms with van der Waals surface area (Å²) in [4.78, 5) is 0.174. The van der Waals surface area contributed by atoms with Crippen LogP contribution in [0, 0.1) is 12.0 Å². The summed E-state index contributed by atoms with van der Waals surface area (Å²) < 4.78 is 30.7. The Morgan fingerprint density at radius 3 is 2.19 bits per heavy atom. The van der Waals surface area contributed by atoms with Gasteiger partial charge in [-0.3, -0.25) is 0 Å². The van der Waals surface area contributed by atoms with Crippen molar-refractivity contribution in [1.82, 2.24) is 4.31 Å². The molecule has 0 radical (unpaired) electrons. The number of hydrogen-bond donors (Lipinski definition) is 0. The predicted octanol–water partition coefficient (Wildman–Crippen LogP) is 2.32. The molecule has 108 valence electrons. The van der Waals surface area contributed by atoms with Gasteiger partial charge in [-0.1, -0.05) is 18.2 Å². The van der Waals surface area contributed by atoms with Crippen LogP contribution in [0.1, 0.15) is 5.56 Å². The maximum Gasteiger partial charge on any atom is 0.270 e. The van der Waals surface area contributed by atoms with Gasteiger partial charge in [0.2, 0.25) is 0 Å². The number of hydrogen-bond acceptors (Lipinski definition) is 3. The molecule has 0 unspecified atom stereocenters. The first-order valence-corrected chi connectivity index (χ1v) is 7.68. The smallest absolute Gasteiger partial charge is 0.270 e. The minimum atomic E-state index is -3.63. The van der Waals surface area contributed by atoms with Gasteiger partial charge in [0.15, 0.2) is 0 Å². The van der Waals surface area contributed by atoms with E-state index < -0.39 is 10.0 Å². The van der Waals surface area contributed by atoms with Crippen molar-refractivity contribution in [2.75, 3.05) is 14.2 Å². The Hall–Kier alpha value is -2.45. The first-order valence-electron chi connectivity index (χ1n) is 6.24. The van der Waals surface area contributed by atoms with Gasteiger partial charge >= 0.3 is 0 Å². The Bertz CT molecular complexity index is 757. The number of ether oxygens (including phenoxy) is 1. The van der Waals surface area contributed by atoms with E-state index in [4.69, 9.17) is 4.74 Å². The topological polar surface area (TPSA) is 46.6 Å². The Kier molecular flexibility index (Phi) is 4.51. The summed E-state index contributed by atoms with van der Waals surface area (Å²) in [5, 5.41) is 0. The number of nitrogens with zero attached hydrogens (tertiary/aromatic N) is 1. The highest BCUT2D eigenvalue weighted by atomic mass is 32.2. The minimum Gasteiger partial charge on any atom is -0.497 e. The van der Waals surface area contributed by atoms with Crippen LogP contribution < -0.4 is 4.74 Å². The number of rotatable bonds is 3. The lowest BCUT2D eigenvalue weighted by Crippen LogP contribution is -2.22. The zero-order chi connectivity index (χ0) is 15.3. The van der Waals surface area contributed by atoms with E-state index >= 15 is 0 Å². The van der Waals surface area contributed by atoms with E-state index in [1.165, 1.54) is 26.3 Å². The summed E-state index contributed by atoms with van der Waals surface area (Å²) in [6.07, 6.45) is 0. The lowest BCUT2D eigenvalue weighted by atomic mass is 10.2. The largest absolute Gasteiger partial charge is 0.497 e. The molecule has 0 saturated carbocycles. The van der Waals surface area contributed by atoms with E-state index in [1.807, 2.05) is 30.3 Å². The van der Waals surface area contributed by atoms with Crippen LogP contribution in [0.25, 0.3) is 0 Å². The van der Waals surface area contributed by atoms with Crippen LogP contribution in [0.4, 0.5) is 0 Å². The fourth-order valence-electron chi connectivity index (χ4n) is 1.63. The molecule has 0 N–H and O–H groups in total. The molecule has 2 aromatic carbocycles. The van der Waals surface area contributed by atoms with Gasteiger partial charge in [-0.2, -0.15) is 0 Å². The average molecular weight is 301 g/mol. The fourth-order valence-corrected chi connectivity index (χ4v) is 2.59. The Balaban J connectivity index is 2.24.